The van der Waals surface area contributed by atoms with Gasteiger partial charge in [0, 0.05) is 31.1 Å². The molecule has 1 heterocycles. The van der Waals surface area contributed by atoms with E-state index in [1.807, 2.05) is 27.7 Å². The SMILES string of the molecule is CC(C)N1CCN(CCCC(C)(C)C(N)=S)C(=O)C1=O. The monoisotopic (exact) mass is 299 g/mol. The summed E-state index contributed by atoms with van der Waals surface area (Å²) >= 11 is 5.02. The highest BCUT2D eigenvalue weighted by molar-refractivity contribution is 7.80. The van der Waals surface area contributed by atoms with Gasteiger partial charge >= 0.3 is 11.8 Å². The molecule has 114 valence electrons. The summed E-state index contributed by atoms with van der Waals surface area (Å²) in [6.07, 6.45) is 1.61. The Bertz CT molecular complexity index is 407. The topological polar surface area (TPSA) is 66.6 Å². The van der Waals surface area contributed by atoms with E-state index < -0.39 is 5.91 Å². The lowest BCUT2D eigenvalue weighted by atomic mass is 9.88. The third-order valence-electron chi connectivity index (χ3n) is 3.86. The van der Waals surface area contributed by atoms with Crippen LogP contribution in [0, 0.1) is 5.41 Å². The first-order valence-corrected chi connectivity index (χ1v) is 7.47. The quantitative estimate of drug-likeness (QED) is 0.590. The largest absolute Gasteiger partial charge is 0.393 e. The first-order chi connectivity index (χ1) is 9.16. The Morgan fingerprint density at radius 1 is 1.30 bits per heavy atom. The van der Waals surface area contributed by atoms with Crippen LogP contribution in [0.1, 0.15) is 40.5 Å². The van der Waals surface area contributed by atoms with Crippen LogP contribution >= 0.6 is 12.2 Å². The fraction of sp³-hybridized carbons (Fsp3) is 0.786. The van der Waals surface area contributed by atoms with Crippen LogP contribution in [-0.2, 0) is 9.59 Å². The molecular formula is C14H25N3O2S. The number of nitrogens with zero attached hydrogens (tertiary/aromatic N) is 2. The molecule has 0 aliphatic carbocycles. The van der Waals surface area contributed by atoms with Crippen molar-refractivity contribution in [3.05, 3.63) is 0 Å². The molecular weight excluding hydrogens is 274 g/mol. The minimum absolute atomic E-state index is 0.0714. The second-order valence-corrected chi connectivity index (χ2v) is 6.68. The second kappa shape index (κ2) is 6.52. The number of amides is 2. The predicted octanol–water partition coefficient (Wildman–Crippen LogP) is 1.16. The van der Waals surface area contributed by atoms with Gasteiger partial charge in [0.2, 0.25) is 0 Å². The summed E-state index contributed by atoms with van der Waals surface area (Å²) in [5.41, 5.74) is 5.47. The van der Waals surface area contributed by atoms with Crippen molar-refractivity contribution in [1.82, 2.24) is 9.80 Å². The molecule has 0 unspecified atom stereocenters. The number of carbonyl (C=O) groups is 2. The zero-order chi connectivity index (χ0) is 15.5. The Kier molecular flexibility index (Phi) is 5.50. The van der Waals surface area contributed by atoms with Crippen LogP contribution in [0.5, 0.6) is 0 Å². The molecule has 6 heteroatoms. The van der Waals surface area contributed by atoms with Gasteiger partial charge in [0.1, 0.15) is 0 Å². The molecule has 0 radical (unpaired) electrons. The van der Waals surface area contributed by atoms with Crippen molar-refractivity contribution >= 4 is 29.0 Å². The van der Waals surface area contributed by atoms with Crippen LogP contribution in [0.25, 0.3) is 0 Å². The van der Waals surface area contributed by atoms with Gasteiger partial charge in [-0.3, -0.25) is 9.59 Å². The van der Waals surface area contributed by atoms with E-state index in [-0.39, 0.29) is 17.4 Å². The Morgan fingerprint density at radius 2 is 1.90 bits per heavy atom. The molecule has 0 atom stereocenters. The molecule has 1 saturated heterocycles. The number of carbonyl (C=O) groups excluding carboxylic acids is 2. The van der Waals surface area contributed by atoms with Crippen molar-refractivity contribution in [2.75, 3.05) is 19.6 Å². The molecule has 0 aromatic carbocycles. The first-order valence-electron chi connectivity index (χ1n) is 7.06. The zero-order valence-electron chi connectivity index (χ0n) is 12.8. The summed E-state index contributed by atoms with van der Waals surface area (Å²) in [4.78, 5) is 27.7. The molecule has 1 rings (SSSR count). The van der Waals surface area contributed by atoms with Gasteiger partial charge in [0.05, 0.1) is 4.99 Å². The van der Waals surface area contributed by atoms with Crippen molar-refractivity contribution in [2.24, 2.45) is 11.1 Å². The molecule has 1 aliphatic heterocycles. The van der Waals surface area contributed by atoms with Crippen LogP contribution in [0.4, 0.5) is 0 Å². The summed E-state index contributed by atoms with van der Waals surface area (Å²) in [7, 11) is 0. The maximum atomic E-state index is 12.0. The van der Waals surface area contributed by atoms with Crippen LogP contribution in [0.3, 0.4) is 0 Å². The fourth-order valence-corrected chi connectivity index (χ4v) is 2.33. The van der Waals surface area contributed by atoms with Gasteiger partial charge in [-0.05, 0) is 26.7 Å². The van der Waals surface area contributed by atoms with E-state index in [1.54, 1.807) is 9.80 Å². The summed E-state index contributed by atoms with van der Waals surface area (Å²) < 4.78 is 0. The Balaban J connectivity index is 2.49. The molecule has 1 aliphatic rings. The minimum atomic E-state index is -0.391. The lowest BCUT2D eigenvalue weighted by molar-refractivity contribution is -0.157. The van der Waals surface area contributed by atoms with Crippen LogP contribution in [-0.4, -0.2) is 52.3 Å². The highest BCUT2D eigenvalue weighted by atomic mass is 32.1. The average Bonchev–Trinajstić information content (AvgIpc) is 2.33. The van der Waals surface area contributed by atoms with Gasteiger partial charge < -0.3 is 15.5 Å². The summed E-state index contributed by atoms with van der Waals surface area (Å²) in [6, 6.07) is 0.0714. The third kappa shape index (κ3) is 3.91. The molecule has 20 heavy (non-hydrogen) atoms. The fourth-order valence-electron chi connectivity index (χ4n) is 2.23. The molecule has 0 bridgehead atoms. The van der Waals surface area contributed by atoms with E-state index in [0.717, 1.165) is 12.8 Å². The van der Waals surface area contributed by atoms with Gasteiger partial charge in [-0.2, -0.15) is 0 Å². The van der Waals surface area contributed by atoms with Gasteiger partial charge in [0.25, 0.3) is 0 Å². The number of hydrogen-bond donors (Lipinski definition) is 1. The van der Waals surface area contributed by atoms with Gasteiger partial charge in [-0.1, -0.05) is 26.1 Å². The van der Waals surface area contributed by atoms with Crippen molar-refractivity contribution in [3.8, 4) is 0 Å². The summed E-state index contributed by atoms with van der Waals surface area (Å²) in [6.45, 7) is 9.65. The first kappa shape index (κ1) is 16.9. The smallest absolute Gasteiger partial charge is 0.312 e. The lowest BCUT2D eigenvalue weighted by Gasteiger charge is -2.36. The molecule has 0 aromatic rings. The van der Waals surface area contributed by atoms with Crippen LogP contribution < -0.4 is 5.73 Å². The second-order valence-electron chi connectivity index (χ2n) is 6.24. The maximum Gasteiger partial charge on any atom is 0.312 e. The Labute approximate surface area is 126 Å². The third-order valence-corrected chi connectivity index (χ3v) is 4.41. The Hall–Kier alpha value is -1.17. The van der Waals surface area contributed by atoms with E-state index in [4.69, 9.17) is 18.0 Å². The number of rotatable bonds is 6. The standard InChI is InChI=1S/C14H25N3O2S/c1-10(2)17-9-8-16(11(18)12(17)19)7-5-6-14(3,4)13(15)20/h10H,5-9H2,1-4H3,(H2,15,20). The normalized spacial score (nSPS) is 17.1. The number of thiocarbonyl (C=S) groups is 1. The van der Waals surface area contributed by atoms with E-state index in [1.165, 1.54) is 0 Å². The van der Waals surface area contributed by atoms with Gasteiger partial charge in [-0.25, -0.2) is 0 Å². The molecule has 1 fully saturated rings. The summed E-state index contributed by atoms with van der Waals surface area (Å²) in [5.74, 6) is -0.780. The molecule has 2 amide bonds. The Morgan fingerprint density at radius 3 is 2.40 bits per heavy atom. The van der Waals surface area contributed by atoms with E-state index in [2.05, 4.69) is 0 Å². The lowest BCUT2D eigenvalue weighted by Crippen LogP contribution is -2.56. The molecule has 0 spiro atoms. The number of nitrogens with two attached hydrogens (primary N) is 1. The highest BCUT2D eigenvalue weighted by Gasteiger charge is 2.33. The predicted molar refractivity (Wildman–Crippen MR) is 83.2 cm³/mol. The van der Waals surface area contributed by atoms with Gasteiger partial charge in [0.15, 0.2) is 0 Å². The average molecular weight is 299 g/mol. The number of piperazine rings is 1. The maximum absolute atomic E-state index is 12.0. The number of hydrogen-bond acceptors (Lipinski definition) is 3. The molecule has 0 saturated carbocycles. The van der Waals surface area contributed by atoms with Crippen molar-refractivity contribution in [2.45, 2.75) is 46.6 Å². The van der Waals surface area contributed by atoms with Gasteiger partial charge in [-0.15, -0.1) is 0 Å². The van der Waals surface area contributed by atoms with E-state index in [0.29, 0.717) is 24.6 Å². The molecule has 0 aromatic heterocycles. The highest BCUT2D eigenvalue weighted by Crippen LogP contribution is 2.23. The van der Waals surface area contributed by atoms with Crippen molar-refractivity contribution in [3.63, 3.8) is 0 Å². The minimum Gasteiger partial charge on any atom is -0.393 e. The van der Waals surface area contributed by atoms with Crippen LogP contribution in [0.15, 0.2) is 0 Å². The molecule has 2 N–H and O–H groups in total. The van der Waals surface area contributed by atoms with E-state index >= 15 is 0 Å². The van der Waals surface area contributed by atoms with E-state index in [9.17, 15) is 9.59 Å². The zero-order valence-corrected chi connectivity index (χ0v) is 13.6. The van der Waals surface area contributed by atoms with Crippen molar-refractivity contribution in [1.29, 1.82) is 0 Å². The van der Waals surface area contributed by atoms with Crippen molar-refractivity contribution < 1.29 is 9.59 Å². The van der Waals surface area contributed by atoms with Crippen LogP contribution in [0.2, 0.25) is 0 Å². The molecule has 5 nitrogen and oxygen atoms in total. The summed E-state index contributed by atoms with van der Waals surface area (Å²) in [5, 5.41) is 0.